The van der Waals surface area contributed by atoms with Crippen LogP contribution in [0.15, 0.2) is 41.0 Å². The molecule has 2 aliphatic heterocycles. The summed E-state index contributed by atoms with van der Waals surface area (Å²) in [6, 6.07) is 5.44. The molecule has 128 valence electrons. The highest BCUT2D eigenvalue weighted by Crippen LogP contribution is 2.52. The predicted octanol–water partition coefficient (Wildman–Crippen LogP) is 1.58. The second kappa shape index (κ2) is 5.63. The molecular weight excluding hydrogens is 329 g/mol. The molecule has 1 amide bonds. The van der Waals surface area contributed by atoms with Crippen LogP contribution in [0, 0.1) is 17.1 Å². The minimum absolute atomic E-state index is 0.0159. The number of nitrogens with zero attached hydrogens (tertiary/aromatic N) is 1. The molecule has 7 nitrogen and oxygen atoms in total. The van der Waals surface area contributed by atoms with Gasteiger partial charge in [-0.3, -0.25) is 4.79 Å². The zero-order valence-electron chi connectivity index (χ0n) is 13.5. The van der Waals surface area contributed by atoms with Crippen LogP contribution in [0.2, 0.25) is 0 Å². The van der Waals surface area contributed by atoms with Crippen molar-refractivity contribution in [2.75, 3.05) is 11.9 Å². The van der Waals surface area contributed by atoms with Crippen LogP contribution in [0.1, 0.15) is 19.4 Å². The zero-order chi connectivity index (χ0) is 18.4. The lowest BCUT2D eigenvalue weighted by molar-refractivity contribution is -0.140. The van der Waals surface area contributed by atoms with E-state index in [9.17, 15) is 19.2 Å². The first kappa shape index (κ1) is 16.5. The van der Waals surface area contributed by atoms with E-state index in [0.29, 0.717) is 0 Å². The Morgan fingerprint density at radius 2 is 2.24 bits per heavy atom. The van der Waals surface area contributed by atoms with Gasteiger partial charge in [0.15, 0.2) is 5.41 Å². The van der Waals surface area contributed by atoms with E-state index in [0.717, 1.165) is 12.1 Å². The van der Waals surface area contributed by atoms with Crippen molar-refractivity contribution in [2.24, 2.45) is 5.73 Å². The summed E-state index contributed by atoms with van der Waals surface area (Å²) in [6.07, 6.45) is 0. The Labute approximate surface area is 142 Å². The summed E-state index contributed by atoms with van der Waals surface area (Å²) < 4.78 is 24.2. The van der Waals surface area contributed by atoms with Crippen molar-refractivity contribution in [2.45, 2.75) is 19.3 Å². The van der Waals surface area contributed by atoms with Gasteiger partial charge < -0.3 is 20.5 Å². The summed E-state index contributed by atoms with van der Waals surface area (Å²) in [6.45, 7) is 3.08. The predicted molar refractivity (Wildman–Crippen MR) is 84.0 cm³/mol. The number of fused-ring (bicyclic) bond motifs is 2. The van der Waals surface area contributed by atoms with Gasteiger partial charge in [-0.15, -0.1) is 0 Å². The molecule has 0 radical (unpaired) electrons. The second-order valence-corrected chi connectivity index (χ2v) is 5.50. The van der Waals surface area contributed by atoms with E-state index >= 15 is 0 Å². The largest absolute Gasteiger partial charge is 0.462 e. The highest BCUT2D eigenvalue weighted by Gasteiger charge is 2.59. The molecule has 1 spiro atoms. The SMILES string of the molecule is CCOC(=O)C1=C(C)OC(N)=C(C#N)[C@]12C(=O)Nc1ccc(F)cc12. The molecule has 0 fully saturated rings. The number of hydrogen-bond acceptors (Lipinski definition) is 6. The number of carbonyl (C=O) groups excluding carboxylic acids is 2. The smallest absolute Gasteiger partial charge is 0.339 e. The number of nitrogens with two attached hydrogens (primary N) is 1. The molecule has 25 heavy (non-hydrogen) atoms. The van der Waals surface area contributed by atoms with Crippen LogP contribution in [0.5, 0.6) is 0 Å². The number of carbonyl (C=O) groups is 2. The summed E-state index contributed by atoms with van der Waals surface area (Å²) in [4.78, 5) is 25.5. The molecule has 0 saturated carbocycles. The maximum absolute atomic E-state index is 13.9. The monoisotopic (exact) mass is 343 g/mol. The third-order valence-corrected chi connectivity index (χ3v) is 4.18. The number of rotatable bonds is 2. The molecular formula is C17H14FN3O4. The minimum Gasteiger partial charge on any atom is -0.462 e. The second-order valence-electron chi connectivity index (χ2n) is 5.50. The van der Waals surface area contributed by atoms with Crippen molar-refractivity contribution in [1.29, 1.82) is 5.26 Å². The Morgan fingerprint density at radius 3 is 2.88 bits per heavy atom. The molecule has 0 bridgehead atoms. The van der Waals surface area contributed by atoms with Gasteiger partial charge in [0, 0.05) is 11.3 Å². The molecule has 1 aromatic carbocycles. The van der Waals surface area contributed by atoms with Crippen molar-refractivity contribution in [1.82, 2.24) is 0 Å². The normalized spacial score (nSPS) is 21.6. The van der Waals surface area contributed by atoms with Gasteiger partial charge in [-0.25, -0.2) is 9.18 Å². The number of amides is 1. The maximum atomic E-state index is 13.9. The Kier molecular flexibility index (Phi) is 3.72. The van der Waals surface area contributed by atoms with Crippen LogP contribution >= 0.6 is 0 Å². The van der Waals surface area contributed by atoms with Crippen molar-refractivity contribution in [3.8, 4) is 6.07 Å². The fraction of sp³-hybridized carbons (Fsp3) is 0.235. The van der Waals surface area contributed by atoms with E-state index < -0.39 is 23.1 Å². The van der Waals surface area contributed by atoms with Crippen molar-refractivity contribution in [3.05, 3.63) is 52.4 Å². The molecule has 1 aromatic rings. The molecule has 2 aliphatic rings. The highest BCUT2D eigenvalue weighted by molar-refractivity contribution is 6.17. The van der Waals surface area contributed by atoms with Gasteiger partial charge in [-0.05, 0) is 32.0 Å². The molecule has 1 atom stereocenters. The van der Waals surface area contributed by atoms with Crippen LogP contribution in [-0.2, 0) is 24.5 Å². The number of benzene rings is 1. The molecule has 0 saturated heterocycles. The Balaban J connectivity index is 2.41. The molecule has 0 aromatic heterocycles. The number of hydrogen-bond donors (Lipinski definition) is 2. The average molecular weight is 343 g/mol. The van der Waals surface area contributed by atoms with Gasteiger partial charge in [0.2, 0.25) is 11.8 Å². The van der Waals surface area contributed by atoms with E-state index in [2.05, 4.69) is 5.32 Å². The summed E-state index contributed by atoms with van der Waals surface area (Å²) in [5.41, 5.74) is 3.80. The van der Waals surface area contributed by atoms with Gasteiger partial charge in [0.05, 0.1) is 6.61 Å². The lowest BCUT2D eigenvalue weighted by Crippen LogP contribution is -2.45. The number of ether oxygens (including phenoxy) is 2. The topological polar surface area (TPSA) is 114 Å². The van der Waals surface area contributed by atoms with Gasteiger partial charge in [0.25, 0.3) is 0 Å². The standard InChI is InChI=1S/C17H14FN3O4/c1-3-24-15(22)13-8(2)25-14(20)11(7-19)17(13)10-6-9(18)4-5-12(10)21-16(17)23/h4-6H,3,20H2,1-2H3,(H,21,23)/t17-/m0/s1. The van der Waals surface area contributed by atoms with E-state index in [1.165, 1.54) is 13.0 Å². The van der Waals surface area contributed by atoms with Crippen LogP contribution in [0.4, 0.5) is 10.1 Å². The van der Waals surface area contributed by atoms with Gasteiger partial charge >= 0.3 is 5.97 Å². The zero-order valence-corrected chi connectivity index (χ0v) is 13.5. The molecule has 0 unspecified atom stereocenters. The number of nitrogens with one attached hydrogen (secondary N) is 1. The van der Waals surface area contributed by atoms with Gasteiger partial charge in [0.1, 0.15) is 28.8 Å². The van der Waals surface area contributed by atoms with Crippen LogP contribution < -0.4 is 11.1 Å². The first-order valence-corrected chi connectivity index (χ1v) is 7.46. The van der Waals surface area contributed by atoms with E-state index in [1.54, 1.807) is 6.92 Å². The lowest BCUT2D eigenvalue weighted by Gasteiger charge is -2.33. The number of anilines is 1. The molecule has 0 aliphatic carbocycles. The highest BCUT2D eigenvalue weighted by atomic mass is 19.1. The lowest BCUT2D eigenvalue weighted by atomic mass is 9.68. The molecule has 2 heterocycles. The van der Waals surface area contributed by atoms with E-state index in [4.69, 9.17) is 15.2 Å². The van der Waals surface area contributed by atoms with Crippen molar-refractivity contribution >= 4 is 17.6 Å². The molecule has 3 N–H and O–H groups in total. The Bertz CT molecular complexity index is 913. The fourth-order valence-corrected chi connectivity index (χ4v) is 3.25. The molecule has 3 rings (SSSR count). The minimum atomic E-state index is -1.91. The fourth-order valence-electron chi connectivity index (χ4n) is 3.25. The Morgan fingerprint density at radius 1 is 1.52 bits per heavy atom. The van der Waals surface area contributed by atoms with Crippen LogP contribution in [0.25, 0.3) is 0 Å². The third kappa shape index (κ3) is 2.09. The van der Waals surface area contributed by atoms with Crippen molar-refractivity contribution in [3.63, 3.8) is 0 Å². The van der Waals surface area contributed by atoms with E-state index in [-0.39, 0.29) is 40.6 Å². The van der Waals surface area contributed by atoms with Gasteiger partial charge in [-0.1, -0.05) is 0 Å². The van der Waals surface area contributed by atoms with Crippen LogP contribution in [0.3, 0.4) is 0 Å². The maximum Gasteiger partial charge on any atom is 0.339 e. The summed E-state index contributed by atoms with van der Waals surface area (Å²) in [7, 11) is 0. The van der Waals surface area contributed by atoms with Crippen LogP contribution in [-0.4, -0.2) is 18.5 Å². The van der Waals surface area contributed by atoms with E-state index in [1.807, 2.05) is 6.07 Å². The van der Waals surface area contributed by atoms with Crippen molar-refractivity contribution < 1.29 is 23.5 Å². The number of nitriles is 1. The summed E-state index contributed by atoms with van der Waals surface area (Å²) >= 11 is 0. The number of allylic oxidation sites excluding steroid dienone is 1. The average Bonchev–Trinajstić information content (AvgIpc) is 2.81. The molecule has 8 heteroatoms. The summed E-state index contributed by atoms with van der Waals surface area (Å²) in [5, 5.41) is 12.2. The number of halogens is 1. The number of esters is 1. The quantitative estimate of drug-likeness (QED) is 0.788. The first-order chi connectivity index (χ1) is 11.9. The third-order valence-electron chi connectivity index (χ3n) is 4.18. The summed E-state index contributed by atoms with van der Waals surface area (Å²) in [5.74, 6) is -2.47. The van der Waals surface area contributed by atoms with Gasteiger partial charge in [-0.2, -0.15) is 5.26 Å². The first-order valence-electron chi connectivity index (χ1n) is 7.46. The Hall–Kier alpha value is -3.34.